The number of benzene rings is 1. The van der Waals surface area contributed by atoms with Gasteiger partial charge < -0.3 is 4.90 Å². The highest BCUT2D eigenvalue weighted by Crippen LogP contribution is 2.35. The fourth-order valence-corrected chi connectivity index (χ4v) is 3.34. The summed E-state index contributed by atoms with van der Waals surface area (Å²) in [4.78, 5) is 15.4. The number of carbonyl (C=O) groups excluding carboxylic acids is 1. The molecule has 0 atom stereocenters. The van der Waals surface area contributed by atoms with E-state index in [-0.39, 0.29) is 21.8 Å². The van der Waals surface area contributed by atoms with Crippen molar-refractivity contribution in [2.75, 3.05) is 17.2 Å². The van der Waals surface area contributed by atoms with E-state index in [2.05, 4.69) is 10.2 Å². The Hall–Kier alpha value is -1.30. The van der Waals surface area contributed by atoms with Gasteiger partial charge in [-0.2, -0.15) is 0 Å². The molecule has 1 aliphatic heterocycles. The van der Waals surface area contributed by atoms with E-state index in [1.54, 1.807) is 16.7 Å². The zero-order valence-electron chi connectivity index (χ0n) is 10.2. The Kier molecular flexibility index (Phi) is 3.83. The average Bonchev–Trinajstić information content (AvgIpc) is 2.48. The van der Waals surface area contributed by atoms with Crippen molar-refractivity contribution in [3.63, 3.8) is 0 Å². The van der Waals surface area contributed by atoms with E-state index in [4.69, 9.17) is 23.2 Å². The Morgan fingerprint density at radius 3 is 2.90 bits per heavy atom. The second kappa shape index (κ2) is 5.60. The van der Waals surface area contributed by atoms with Crippen LogP contribution < -0.4 is 4.90 Å². The SMILES string of the molecule is O=C(c1cc(Cl)nnc1Cl)N1CCSc2ccccc21. The third-order valence-electron chi connectivity index (χ3n) is 2.92. The van der Waals surface area contributed by atoms with Crippen LogP contribution in [-0.4, -0.2) is 28.4 Å². The third kappa shape index (κ3) is 2.49. The molecule has 0 bridgehead atoms. The number of thioether (sulfide) groups is 1. The maximum Gasteiger partial charge on any atom is 0.261 e. The van der Waals surface area contributed by atoms with Gasteiger partial charge in [-0.3, -0.25) is 4.79 Å². The summed E-state index contributed by atoms with van der Waals surface area (Å²) in [6, 6.07) is 9.23. The van der Waals surface area contributed by atoms with E-state index < -0.39 is 0 Å². The number of hydrogen-bond acceptors (Lipinski definition) is 4. The summed E-state index contributed by atoms with van der Waals surface area (Å²) in [5.41, 5.74) is 1.16. The van der Waals surface area contributed by atoms with Crippen molar-refractivity contribution >= 4 is 46.6 Å². The Morgan fingerprint density at radius 2 is 2.05 bits per heavy atom. The molecule has 2 heterocycles. The van der Waals surface area contributed by atoms with Crippen molar-refractivity contribution in [2.24, 2.45) is 0 Å². The molecule has 1 aromatic carbocycles. The van der Waals surface area contributed by atoms with Crippen molar-refractivity contribution < 1.29 is 4.79 Å². The average molecular weight is 326 g/mol. The molecule has 1 amide bonds. The standard InChI is InChI=1S/C13H9Cl2N3OS/c14-11-7-8(12(15)17-16-11)13(19)18-5-6-20-10-4-2-1-3-9(10)18/h1-4,7H,5-6H2. The number of fused-ring (bicyclic) bond motifs is 1. The van der Waals surface area contributed by atoms with Crippen LogP contribution in [0.5, 0.6) is 0 Å². The fourth-order valence-electron chi connectivity index (χ4n) is 2.03. The van der Waals surface area contributed by atoms with Crippen molar-refractivity contribution in [3.8, 4) is 0 Å². The molecule has 0 spiro atoms. The molecule has 102 valence electrons. The summed E-state index contributed by atoms with van der Waals surface area (Å²) in [5.74, 6) is 0.631. The molecule has 0 saturated carbocycles. The number of rotatable bonds is 1. The summed E-state index contributed by atoms with van der Waals surface area (Å²) in [7, 11) is 0. The quantitative estimate of drug-likeness (QED) is 0.804. The number of halogens is 2. The minimum atomic E-state index is -0.209. The predicted octanol–water partition coefficient (Wildman–Crippen LogP) is 3.54. The monoisotopic (exact) mass is 325 g/mol. The Labute approximate surface area is 130 Å². The number of nitrogens with zero attached hydrogens (tertiary/aromatic N) is 3. The summed E-state index contributed by atoms with van der Waals surface area (Å²) >= 11 is 13.5. The molecule has 1 aliphatic rings. The smallest absolute Gasteiger partial charge is 0.261 e. The zero-order chi connectivity index (χ0) is 14.1. The van der Waals surface area contributed by atoms with Crippen molar-refractivity contribution in [1.29, 1.82) is 0 Å². The Morgan fingerprint density at radius 1 is 1.25 bits per heavy atom. The molecule has 7 heteroatoms. The van der Waals surface area contributed by atoms with Gasteiger partial charge >= 0.3 is 0 Å². The van der Waals surface area contributed by atoms with E-state index in [0.717, 1.165) is 16.3 Å². The van der Waals surface area contributed by atoms with Gasteiger partial charge in [0.05, 0.1) is 11.3 Å². The topological polar surface area (TPSA) is 46.1 Å². The number of anilines is 1. The molecule has 0 unspecified atom stereocenters. The van der Waals surface area contributed by atoms with E-state index in [1.807, 2.05) is 24.3 Å². The van der Waals surface area contributed by atoms with Crippen LogP contribution in [-0.2, 0) is 0 Å². The second-order valence-electron chi connectivity index (χ2n) is 4.14. The molecule has 1 aromatic heterocycles. The molecular weight excluding hydrogens is 317 g/mol. The van der Waals surface area contributed by atoms with Crippen LogP contribution in [0.15, 0.2) is 35.2 Å². The van der Waals surface area contributed by atoms with Crippen molar-refractivity contribution in [1.82, 2.24) is 10.2 Å². The van der Waals surface area contributed by atoms with Crippen molar-refractivity contribution in [3.05, 3.63) is 46.2 Å². The lowest BCUT2D eigenvalue weighted by molar-refractivity contribution is 0.0987. The molecule has 0 fully saturated rings. The largest absolute Gasteiger partial charge is 0.306 e. The van der Waals surface area contributed by atoms with Gasteiger partial charge in [-0.05, 0) is 18.2 Å². The van der Waals surface area contributed by atoms with E-state index in [0.29, 0.717) is 6.54 Å². The lowest BCUT2D eigenvalue weighted by Gasteiger charge is -2.29. The summed E-state index contributed by atoms with van der Waals surface area (Å²) < 4.78 is 0. The van der Waals surface area contributed by atoms with E-state index >= 15 is 0 Å². The lowest BCUT2D eigenvalue weighted by Crippen LogP contribution is -2.35. The normalized spacial score (nSPS) is 14.0. The van der Waals surface area contributed by atoms with Crippen LogP contribution in [0.2, 0.25) is 10.3 Å². The molecule has 4 nitrogen and oxygen atoms in total. The number of aromatic nitrogens is 2. The molecule has 20 heavy (non-hydrogen) atoms. The van der Waals surface area contributed by atoms with Crippen molar-refractivity contribution in [2.45, 2.75) is 4.90 Å². The van der Waals surface area contributed by atoms with Crippen LogP contribution in [0, 0.1) is 0 Å². The number of para-hydroxylation sites is 1. The second-order valence-corrected chi connectivity index (χ2v) is 6.03. The van der Waals surface area contributed by atoms with E-state index in [9.17, 15) is 4.79 Å². The molecule has 3 rings (SSSR count). The molecular formula is C13H9Cl2N3OS. The molecule has 2 aromatic rings. The third-order valence-corrected chi connectivity index (χ3v) is 4.43. The highest BCUT2D eigenvalue weighted by Gasteiger charge is 2.26. The zero-order valence-corrected chi connectivity index (χ0v) is 12.5. The van der Waals surface area contributed by atoms with Gasteiger partial charge in [0.2, 0.25) is 0 Å². The van der Waals surface area contributed by atoms with Gasteiger partial charge in [-0.15, -0.1) is 22.0 Å². The van der Waals surface area contributed by atoms with E-state index in [1.165, 1.54) is 6.07 Å². The van der Waals surface area contributed by atoms with Gasteiger partial charge in [-0.25, -0.2) is 0 Å². The Balaban J connectivity index is 2.02. The van der Waals surface area contributed by atoms with Crippen LogP contribution >= 0.6 is 35.0 Å². The highest BCUT2D eigenvalue weighted by atomic mass is 35.5. The van der Waals surface area contributed by atoms with Gasteiger partial charge in [0, 0.05) is 17.2 Å². The molecule has 0 aliphatic carbocycles. The minimum Gasteiger partial charge on any atom is -0.306 e. The first kappa shape index (κ1) is 13.7. The summed E-state index contributed by atoms with van der Waals surface area (Å²) in [5, 5.41) is 7.52. The predicted molar refractivity (Wildman–Crippen MR) is 80.9 cm³/mol. The fraction of sp³-hybridized carbons (Fsp3) is 0.154. The lowest BCUT2D eigenvalue weighted by atomic mass is 10.2. The number of hydrogen-bond donors (Lipinski definition) is 0. The summed E-state index contributed by atoms with van der Waals surface area (Å²) in [6.07, 6.45) is 0. The van der Waals surface area contributed by atoms with Crippen LogP contribution in [0.1, 0.15) is 10.4 Å². The minimum absolute atomic E-state index is 0.0649. The van der Waals surface area contributed by atoms with Gasteiger partial charge in [0.25, 0.3) is 5.91 Å². The molecule has 0 saturated heterocycles. The maximum absolute atomic E-state index is 12.6. The van der Waals surface area contributed by atoms with Crippen LogP contribution in [0.25, 0.3) is 0 Å². The first-order valence-corrected chi connectivity index (χ1v) is 7.63. The first-order chi connectivity index (χ1) is 9.66. The van der Waals surface area contributed by atoms with Gasteiger partial charge in [-0.1, -0.05) is 35.3 Å². The number of amides is 1. The summed E-state index contributed by atoms with van der Waals surface area (Å²) in [6.45, 7) is 0.622. The highest BCUT2D eigenvalue weighted by molar-refractivity contribution is 7.99. The Bertz CT molecular complexity index is 680. The number of carbonyl (C=O) groups is 1. The maximum atomic E-state index is 12.6. The first-order valence-electron chi connectivity index (χ1n) is 5.89. The van der Waals surface area contributed by atoms with Crippen LogP contribution in [0.3, 0.4) is 0 Å². The van der Waals surface area contributed by atoms with Crippen LogP contribution in [0.4, 0.5) is 5.69 Å². The van der Waals surface area contributed by atoms with Gasteiger partial charge in [0.1, 0.15) is 0 Å². The van der Waals surface area contributed by atoms with Gasteiger partial charge in [0.15, 0.2) is 10.3 Å². The molecule has 0 radical (unpaired) electrons. The molecule has 0 N–H and O–H groups in total.